The molecule has 2 aliphatic rings. The zero-order chi connectivity index (χ0) is 41.1. The van der Waals surface area contributed by atoms with Gasteiger partial charge in [-0.15, -0.1) is 0 Å². The number of hydrogen-bond donors (Lipinski definition) is 0. The van der Waals surface area contributed by atoms with Gasteiger partial charge in [0.2, 0.25) is 11.4 Å². The quantitative estimate of drug-likeness (QED) is 0.0956. The molecule has 2 aliphatic heterocycles. The van der Waals surface area contributed by atoms with E-state index in [1.54, 1.807) is 0 Å². The molecular weight excluding hydrogens is 721 g/mol. The van der Waals surface area contributed by atoms with Crippen LogP contribution in [0.4, 0.5) is 22.7 Å². The predicted octanol–water partition coefficient (Wildman–Crippen LogP) is 14.9. The summed E-state index contributed by atoms with van der Waals surface area (Å²) in [6, 6.07) is 53.2. The van der Waals surface area contributed by atoms with E-state index in [-0.39, 0.29) is 16.2 Å². The highest BCUT2D eigenvalue weighted by atomic mass is 16.5. The van der Waals surface area contributed by atoms with Gasteiger partial charge in [0.05, 0.1) is 11.0 Å². The van der Waals surface area contributed by atoms with E-state index in [2.05, 4.69) is 219 Å². The van der Waals surface area contributed by atoms with Gasteiger partial charge in [0.1, 0.15) is 17.3 Å². The summed E-state index contributed by atoms with van der Waals surface area (Å²) in [6.07, 6.45) is 1.94. The summed E-state index contributed by atoms with van der Waals surface area (Å²) in [5.41, 5.74) is 13.6. The average molecular weight is 774 g/mol. The standard InChI is InChI=1S/C54H53N4O/c1-52(2,3)38-17-13-18-41(30-38)57-35-58(57,50-31-39(53(4,5)6)22-26-49(50)57)42-19-14-20-43(33-42)59-44-23-24-45-46-29-37(36-15-11-10-12-16-36)21-25-47(46)56(48(45)34-44)51-32-40(27-28-55-51)54(7,8)9/h10-35H,1-9H3/q+1/t57-,58?/m0/s1. The largest absolute Gasteiger partial charge is 0.457 e. The highest BCUT2D eigenvalue weighted by molar-refractivity contribution is 6.10. The van der Waals surface area contributed by atoms with Gasteiger partial charge >= 0.3 is 0 Å². The van der Waals surface area contributed by atoms with E-state index in [1.807, 2.05) is 6.20 Å². The minimum Gasteiger partial charge on any atom is -0.457 e. The highest BCUT2D eigenvalue weighted by Crippen LogP contribution is 2.75. The molecule has 5 nitrogen and oxygen atoms in total. The first kappa shape index (κ1) is 37.3. The maximum Gasteiger partial charge on any atom is 0.225 e. The fourth-order valence-corrected chi connectivity index (χ4v) is 9.17. The molecule has 0 radical (unpaired) electrons. The number of ether oxygens (including phenoxy) is 1. The lowest BCUT2D eigenvalue weighted by Gasteiger charge is -2.41. The van der Waals surface area contributed by atoms with Gasteiger partial charge in [-0.3, -0.25) is 4.57 Å². The molecule has 0 spiro atoms. The third-order valence-corrected chi connectivity index (χ3v) is 12.6. The summed E-state index contributed by atoms with van der Waals surface area (Å²) in [6.45, 7) is 23.0. The molecule has 0 aliphatic carbocycles. The normalized spacial score (nSPS) is 18.7. The molecule has 10 rings (SSSR count). The summed E-state index contributed by atoms with van der Waals surface area (Å²) in [5.74, 6) is 2.48. The van der Waals surface area contributed by atoms with Crippen molar-refractivity contribution in [3.63, 3.8) is 0 Å². The van der Waals surface area contributed by atoms with Crippen molar-refractivity contribution < 1.29 is 4.74 Å². The van der Waals surface area contributed by atoms with Crippen molar-refractivity contribution in [2.45, 2.75) is 78.6 Å². The monoisotopic (exact) mass is 773 g/mol. The molecule has 2 atom stereocenters. The van der Waals surface area contributed by atoms with Gasteiger partial charge in [0.25, 0.3) is 0 Å². The van der Waals surface area contributed by atoms with E-state index in [0.717, 1.165) is 33.7 Å². The summed E-state index contributed by atoms with van der Waals surface area (Å²) in [7, 11) is 0. The van der Waals surface area contributed by atoms with Crippen molar-refractivity contribution >= 4 is 44.6 Å². The minimum atomic E-state index is -0.0197. The van der Waals surface area contributed by atoms with E-state index in [0.29, 0.717) is 9.18 Å². The van der Waals surface area contributed by atoms with Crippen molar-refractivity contribution in [1.82, 2.24) is 18.7 Å². The van der Waals surface area contributed by atoms with Crippen LogP contribution >= 0.6 is 0 Å². The van der Waals surface area contributed by atoms with Crippen molar-refractivity contribution in [1.29, 1.82) is 0 Å². The molecular formula is C54H53N4O+. The van der Waals surface area contributed by atoms with Crippen LogP contribution in [0, 0.1) is 6.67 Å². The molecule has 6 aromatic carbocycles. The molecule has 1 fully saturated rings. The smallest absolute Gasteiger partial charge is 0.225 e. The van der Waals surface area contributed by atoms with Crippen LogP contribution in [-0.2, 0) is 16.2 Å². The molecule has 1 unspecified atom stereocenters. The summed E-state index contributed by atoms with van der Waals surface area (Å²) < 4.78 is 10.4. The third kappa shape index (κ3) is 5.78. The van der Waals surface area contributed by atoms with Gasteiger partial charge in [-0.25, -0.2) is 4.98 Å². The van der Waals surface area contributed by atoms with E-state index in [1.165, 1.54) is 56.0 Å². The molecule has 4 heterocycles. The van der Waals surface area contributed by atoms with Crippen LogP contribution in [0.5, 0.6) is 11.5 Å². The van der Waals surface area contributed by atoms with E-state index in [9.17, 15) is 0 Å². The van der Waals surface area contributed by atoms with Gasteiger partial charge in [0.15, 0.2) is 18.0 Å². The van der Waals surface area contributed by atoms with E-state index in [4.69, 9.17) is 9.72 Å². The Morgan fingerprint density at radius 2 is 1.14 bits per heavy atom. The zero-order valence-electron chi connectivity index (χ0n) is 35.7. The Hall–Kier alpha value is -6.01. The SMILES string of the molecule is CC(C)(C)c1cccc([N@+]23[CH-][N+]2(c2cccc(Oc4ccc5c6cc(-c7ccccc7)ccc6n(-c6cc(C(C)(C)C)ccn6)c5c4)c2)c2cc(C(C)(C)C)ccc23)c1. The lowest BCUT2D eigenvalue weighted by atomic mass is 9.85. The number of benzene rings is 6. The van der Waals surface area contributed by atoms with Crippen molar-refractivity contribution in [2.24, 2.45) is 0 Å². The second-order valence-corrected chi connectivity index (χ2v) is 19.6. The maximum atomic E-state index is 6.87. The topological polar surface area (TPSA) is 27.1 Å². The molecule has 8 aromatic rings. The Kier molecular flexibility index (Phi) is 8.05. The lowest BCUT2D eigenvalue weighted by Crippen LogP contribution is -2.46. The number of quaternary nitrogens is 2. The highest BCUT2D eigenvalue weighted by Gasteiger charge is 2.78. The first-order valence-electron chi connectivity index (χ1n) is 20.9. The van der Waals surface area contributed by atoms with Gasteiger partial charge in [0, 0.05) is 59.4 Å². The van der Waals surface area contributed by atoms with Crippen LogP contribution < -0.4 is 13.9 Å². The van der Waals surface area contributed by atoms with Crippen molar-refractivity contribution in [2.75, 3.05) is 0 Å². The Labute approximate surface area is 348 Å². The second-order valence-electron chi connectivity index (χ2n) is 19.6. The Balaban J connectivity index is 1.08. The fraction of sp³-hybridized carbons (Fsp3) is 0.222. The molecule has 2 aromatic heterocycles. The number of rotatable bonds is 6. The predicted molar refractivity (Wildman–Crippen MR) is 247 cm³/mol. The van der Waals surface area contributed by atoms with Crippen LogP contribution in [0.2, 0.25) is 0 Å². The van der Waals surface area contributed by atoms with E-state index >= 15 is 0 Å². The Morgan fingerprint density at radius 3 is 1.88 bits per heavy atom. The summed E-state index contributed by atoms with van der Waals surface area (Å²) >= 11 is 0. The number of hydrogen-bond acceptors (Lipinski definition) is 2. The summed E-state index contributed by atoms with van der Waals surface area (Å²) in [4.78, 5) is 4.95. The Morgan fingerprint density at radius 1 is 0.475 bits per heavy atom. The molecule has 294 valence electrons. The Bertz CT molecular complexity index is 2960. The number of aromatic nitrogens is 2. The first-order chi connectivity index (χ1) is 28.1. The van der Waals surface area contributed by atoms with Gasteiger partial charge < -0.3 is 4.74 Å². The van der Waals surface area contributed by atoms with Gasteiger partial charge in [-0.2, -0.15) is 9.18 Å². The summed E-state index contributed by atoms with van der Waals surface area (Å²) in [5, 5.41) is 2.34. The molecule has 0 bridgehead atoms. The fourth-order valence-electron chi connectivity index (χ4n) is 9.17. The molecule has 0 N–H and O–H groups in total. The van der Waals surface area contributed by atoms with Crippen LogP contribution in [-0.4, -0.2) is 9.55 Å². The number of fused-ring (bicyclic) bond motifs is 7. The first-order valence-corrected chi connectivity index (χ1v) is 20.9. The van der Waals surface area contributed by atoms with Crippen molar-refractivity contribution in [3.8, 4) is 28.4 Å². The average Bonchev–Trinajstić information content (AvgIpc) is 3.71. The van der Waals surface area contributed by atoms with E-state index < -0.39 is 0 Å². The minimum absolute atomic E-state index is 0.0197. The molecule has 0 amide bonds. The van der Waals surface area contributed by atoms with Gasteiger partial charge in [-0.1, -0.05) is 123 Å². The van der Waals surface area contributed by atoms with Crippen LogP contribution in [0.15, 0.2) is 152 Å². The lowest BCUT2D eigenvalue weighted by molar-refractivity contribution is 0.421. The number of pyridine rings is 1. The van der Waals surface area contributed by atoms with Crippen LogP contribution in [0.1, 0.15) is 79.0 Å². The molecule has 0 saturated carbocycles. The second kappa shape index (κ2) is 12.7. The molecule has 5 heteroatoms. The molecule has 1 saturated heterocycles. The van der Waals surface area contributed by atoms with Crippen LogP contribution in [0.25, 0.3) is 38.8 Å². The zero-order valence-corrected chi connectivity index (χ0v) is 35.7. The van der Waals surface area contributed by atoms with Crippen molar-refractivity contribution in [3.05, 3.63) is 175 Å². The van der Waals surface area contributed by atoms with Gasteiger partial charge in [-0.05, 0) is 86.5 Å². The van der Waals surface area contributed by atoms with Crippen LogP contribution in [0.3, 0.4) is 0 Å². The third-order valence-electron chi connectivity index (χ3n) is 12.6. The number of nitrogens with zero attached hydrogens (tertiary/aromatic N) is 4. The maximum absolute atomic E-state index is 6.87. The molecule has 59 heavy (non-hydrogen) atoms.